The van der Waals surface area contributed by atoms with E-state index in [9.17, 15) is 13.6 Å². The molecule has 2 rings (SSSR count). The Morgan fingerprint density at radius 2 is 2.05 bits per heavy atom. The third kappa shape index (κ3) is 2.76. The monoisotopic (exact) mass is 281 g/mol. The van der Waals surface area contributed by atoms with E-state index in [4.69, 9.17) is 10.3 Å². The number of hydrogen-bond acceptors (Lipinski definition) is 4. The second-order valence-corrected chi connectivity index (χ2v) is 4.44. The number of nitrogens with two attached hydrogens (primary N) is 1. The van der Waals surface area contributed by atoms with Gasteiger partial charge < -0.3 is 15.2 Å². The molecule has 5 nitrogen and oxygen atoms in total. The first-order valence-electron chi connectivity index (χ1n) is 5.80. The van der Waals surface area contributed by atoms with Crippen molar-refractivity contribution in [3.05, 3.63) is 46.9 Å². The normalized spacial score (nSPS) is 10.6. The summed E-state index contributed by atoms with van der Waals surface area (Å²) in [5.41, 5.74) is 5.32. The van der Waals surface area contributed by atoms with Crippen LogP contribution in [0.1, 0.15) is 21.8 Å². The molecule has 0 aliphatic rings. The van der Waals surface area contributed by atoms with Crippen LogP contribution in [0.4, 0.5) is 14.5 Å². The summed E-state index contributed by atoms with van der Waals surface area (Å²) < 4.78 is 31.5. The highest BCUT2D eigenvalue weighted by molar-refractivity contribution is 5.95. The second-order valence-electron chi connectivity index (χ2n) is 4.44. The first-order chi connectivity index (χ1) is 9.38. The van der Waals surface area contributed by atoms with Crippen molar-refractivity contribution in [2.45, 2.75) is 13.5 Å². The van der Waals surface area contributed by atoms with Gasteiger partial charge in [0.05, 0.1) is 17.8 Å². The minimum absolute atomic E-state index is 0.146. The highest BCUT2D eigenvalue weighted by Gasteiger charge is 2.19. The van der Waals surface area contributed by atoms with Crippen molar-refractivity contribution in [1.29, 1.82) is 0 Å². The van der Waals surface area contributed by atoms with Crippen molar-refractivity contribution < 1.29 is 18.1 Å². The summed E-state index contributed by atoms with van der Waals surface area (Å²) in [5, 5.41) is 3.74. The predicted molar refractivity (Wildman–Crippen MR) is 67.8 cm³/mol. The van der Waals surface area contributed by atoms with Gasteiger partial charge in [0.1, 0.15) is 23.1 Å². The smallest absolute Gasteiger partial charge is 0.257 e. The fourth-order valence-corrected chi connectivity index (χ4v) is 1.74. The van der Waals surface area contributed by atoms with Crippen LogP contribution in [-0.2, 0) is 6.54 Å². The van der Waals surface area contributed by atoms with E-state index >= 15 is 0 Å². The Bertz CT molecular complexity index is 655. The molecule has 1 aromatic heterocycles. The zero-order valence-corrected chi connectivity index (χ0v) is 11.0. The number of nitrogens with zero attached hydrogens (tertiary/aromatic N) is 2. The van der Waals surface area contributed by atoms with E-state index in [1.165, 1.54) is 11.9 Å². The summed E-state index contributed by atoms with van der Waals surface area (Å²) in [6.07, 6.45) is 0. The van der Waals surface area contributed by atoms with Crippen LogP contribution in [0.5, 0.6) is 0 Å². The van der Waals surface area contributed by atoms with Gasteiger partial charge in [-0.15, -0.1) is 0 Å². The van der Waals surface area contributed by atoms with E-state index in [0.717, 1.165) is 6.07 Å². The van der Waals surface area contributed by atoms with Crippen molar-refractivity contribution in [1.82, 2.24) is 10.1 Å². The third-order valence-corrected chi connectivity index (χ3v) is 2.74. The van der Waals surface area contributed by atoms with Gasteiger partial charge in [-0.05, 0) is 13.0 Å². The van der Waals surface area contributed by atoms with Crippen molar-refractivity contribution >= 4 is 11.6 Å². The van der Waals surface area contributed by atoms with Crippen molar-refractivity contribution in [3.8, 4) is 0 Å². The number of anilines is 1. The Balaban J connectivity index is 2.20. The van der Waals surface area contributed by atoms with Gasteiger partial charge in [-0.1, -0.05) is 5.16 Å². The summed E-state index contributed by atoms with van der Waals surface area (Å²) in [6.45, 7) is 1.87. The lowest BCUT2D eigenvalue weighted by molar-refractivity contribution is 0.0777. The van der Waals surface area contributed by atoms with Crippen LogP contribution >= 0.6 is 0 Å². The molecule has 1 amide bonds. The standard InChI is InChI=1S/C13H13F2N3O2/c1-7-3-8(17-20-7)6-18(2)13(19)9-4-12(16)11(15)5-10(9)14/h3-5H,6,16H2,1-2H3. The predicted octanol–water partition coefficient (Wildman–Crippen LogP) is 2.12. The number of carbonyl (C=O) groups is 1. The maximum absolute atomic E-state index is 13.6. The van der Waals surface area contributed by atoms with E-state index in [2.05, 4.69) is 5.16 Å². The minimum Gasteiger partial charge on any atom is -0.396 e. The van der Waals surface area contributed by atoms with E-state index in [-0.39, 0.29) is 17.8 Å². The average Bonchev–Trinajstić information content (AvgIpc) is 2.78. The molecule has 2 N–H and O–H groups in total. The number of hydrogen-bond donors (Lipinski definition) is 1. The number of aromatic nitrogens is 1. The molecule has 106 valence electrons. The first kappa shape index (κ1) is 14.0. The summed E-state index contributed by atoms with van der Waals surface area (Å²) >= 11 is 0. The number of aryl methyl sites for hydroxylation is 1. The van der Waals surface area contributed by atoms with Crippen molar-refractivity contribution in [2.75, 3.05) is 12.8 Å². The molecule has 0 fully saturated rings. The zero-order valence-electron chi connectivity index (χ0n) is 11.0. The second kappa shape index (κ2) is 5.28. The Morgan fingerprint density at radius 1 is 1.35 bits per heavy atom. The molecule has 1 heterocycles. The van der Waals surface area contributed by atoms with Gasteiger partial charge in [-0.25, -0.2) is 8.78 Å². The molecule has 0 atom stereocenters. The van der Waals surface area contributed by atoms with Gasteiger partial charge >= 0.3 is 0 Å². The molecule has 0 saturated carbocycles. The summed E-state index contributed by atoms with van der Waals surface area (Å²) in [4.78, 5) is 13.3. The molecular formula is C13H13F2N3O2. The number of rotatable bonds is 3. The number of halogens is 2. The molecular weight excluding hydrogens is 268 g/mol. The maximum atomic E-state index is 13.6. The lowest BCUT2D eigenvalue weighted by Crippen LogP contribution is -2.27. The topological polar surface area (TPSA) is 72.4 Å². The molecule has 0 unspecified atom stereocenters. The van der Waals surface area contributed by atoms with Crippen molar-refractivity contribution in [3.63, 3.8) is 0 Å². The lowest BCUT2D eigenvalue weighted by atomic mass is 10.1. The summed E-state index contributed by atoms with van der Waals surface area (Å²) in [6, 6.07) is 3.24. The minimum atomic E-state index is -0.954. The van der Waals surface area contributed by atoms with Crippen LogP contribution in [0, 0.1) is 18.6 Å². The molecule has 0 spiro atoms. The van der Waals surface area contributed by atoms with Crippen LogP contribution in [0.15, 0.2) is 22.7 Å². The Morgan fingerprint density at radius 3 is 2.65 bits per heavy atom. The van der Waals surface area contributed by atoms with Gasteiger partial charge in [0.15, 0.2) is 0 Å². The Labute approximate surface area is 114 Å². The van der Waals surface area contributed by atoms with Crippen LogP contribution in [-0.4, -0.2) is 23.0 Å². The first-order valence-corrected chi connectivity index (χ1v) is 5.80. The van der Waals surface area contributed by atoms with E-state index in [1.807, 2.05) is 0 Å². The molecule has 1 aromatic carbocycles. The lowest BCUT2D eigenvalue weighted by Gasteiger charge is -2.16. The average molecular weight is 281 g/mol. The molecule has 0 aliphatic carbocycles. The molecule has 0 bridgehead atoms. The number of benzene rings is 1. The van der Waals surface area contributed by atoms with E-state index < -0.39 is 17.5 Å². The van der Waals surface area contributed by atoms with Gasteiger partial charge in [-0.2, -0.15) is 0 Å². The fraction of sp³-hybridized carbons (Fsp3) is 0.231. The zero-order chi connectivity index (χ0) is 14.9. The van der Waals surface area contributed by atoms with E-state index in [0.29, 0.717) is 17.5 Å². The van der Waals surface area contributed by atoms with Gasteiger partial charge in [0.25, 0.3) is 5.91 Å². The highest BCUT2D eigenvalue weighted by atomic mass is 19.1. The van der Waals surface area contributed by atoms with E-state index in [1.54, 1.807) is 13.0 Å². The van der Waals surface area contributed by atoms with Gasteiger partial charge in [-0.3, -0.25) is 4.79 Å². The van der Waals surface area contributed by atoms with Gasteiger partial charge in [0, 0.05) is 19.2 Å². The highest BCUT2D eigenvalue weighted by Crippen LogP contribution is 2.18. The van der Waals surface area contributed by atoms with Gasteiger partial charge in [0.2, 0.25) is 0 Å². The fourth-order valence-electron chi connectivity index (χ4n) is 1.74. The SMILES string of the molecule is Cc1cc(CN(C)C(=O)c2cc(N)c(F)cc2F)no1. The largest absolute Gasteiger partial charge is 0.396 e. The number of amides is 1. The Hall–Kier alpha value is -2.44. The molecule has 20 heavy (non-hydrogen) atoms. The molecule has 2 aromatic rings. The van der Waals surface area contributed by atoms with Crippen LogP contribution in [0.25, 0.3) is 0 Å². The quantitative estimate of drug-likeness (QED) is 0.875. The Kier molecular flexibility index (Phi) is 3.69. The molecule has 0 aliphatic heterocycles. The van der Waals surface area contributed by atoms with Crippen molar-refractivity contribution in [2.24, 2.45) is 0 Å². The van der Waals surface area contributed by atoms with Crippen LogP contribution in [0.2, 0.25) is 0 Å². The van der Waals surface area contributed by atoms with Crippen LogP contribution < -0.4 is 5.73 Å². The molecule has 7 heteroatoms. The molecule has 0 radical (unpaired) electrons. The summed E-state index contributed by atoms with van der Waals surface area (Å²) in [7, 11) is 1.48. The third-order valence-electron chi connectivity index (χ3n) is 2.74. The number of nitrogen functional groups attached to an aromatic ring is 1. The number of carbonyl (C=O) groups excluding carboxylic acids is 1. The maximum Gasteiger partial charge on any atom is 0.257 e. The summed E-state index contributed by atoms with van der Waals surface area (Å²) in [5.74, 6) is -1.85. The molecule has 0 saturated heterocycles. The van der Waals surface area contributed by atoms with Crippen LogP contribution in [0.3, 0.4) is 0 Å².